The molecular weight excluding hydrogens is 336 g/mol. The van der Waals surface area contributed by atoms with E-state index in [-0.39, 0.29) is 24.3 Å². The Morgan fingerprint density at radius 1 is 1.31 bits per heavy atom. The molecule has 1 saturated heterocycles. The monoisotopic (exact) mass is 350 g/mol. The summed E-state index contributed by atoms with van der Waals surface area (Å²) in [5.41, 5.74) is 0.995. The van der Waals surface area contributed by atoms with Crippen LogP contribution in [0, 0.1) is 23.2 Å². The molecule has 1 aliphatic heterocycles. The van der Waals surface area contributed by atoms with Crippen molar-refractivity contribution in [3.8, 4) is 6.07 Å². The van der Waals surface area contributed by atoms with E-state index in [9.17, 15) is 19.6 Å². The van der Waals surface area contributed by atoms with Gasteiger partial charge in [0.2, 0.25) is 11.7 Å². The lowest BCUT2D eigenvalue weighted by atomic mass is 9.86. The van der Waals surface area contributed by atoms with Gasteiger partial charge in [-0.05, 0) is 12.0 Å². The Morgan fingerprint density at radius 3 is 2.69 bits per heavy atom. The van der Waals surface area contributed by atoms with Crippen LogP contribution in [-0.2, 0) is 20.8 Å². The van der Waals surface area contributed by atoms with E-state index in [0.29, 0.717) is 0 Å². The van der Waals surface area contributed by atoms with Crippen LogP contribution in [0.5, 0.6) is 0 Å². The smallest absolute Gasteiger partial charge is 0.372 e. The van der Waals surface area contributed by atoms with Crippen molar-refractivity contribution < 1.29 is 19.5 Å². The van der Waals surface area contributed by atoms with E-state index in [0.717, 1.165) is 5.56 Å². The maximum atomic E-state index is 12.9. The van der Waals surface area contributed by atoms with Crippen LogP contribution in [0.1, 0.15) is 11.3 Å². The van der Waals surface area contributed by atoms with Crippen LogP contribution in [0.15, 0.2) is 42.9 Å². The van der Waals surface area contributed by atoms with Crippen LogP contribution in [0.3, 0.4) is 0 Å². The molecule has 26 heavy (non-hydrogen) atoms. The number of amides is 1. The molecule has 1 amide bonds. The molecule has 2 atom stereocenters. The fourth-order valence-electron chi connectivity index (χ4n) is 3.13. The summed E-state index contributed by atoms with van der Waals surface area (Å²) in [7, 11) is 0. The van der Waals surface area contributed by atoms with Gasteiger partial charge in [0, 0.05) is 6.54 Å². The van der Waals surface area contributed by atoms with E-state index in [2.05, 4.69) is 9.97 Å². The Morgan fingerprint density at radius 2 is 2.04 bits per heavy atom. The number of hydrogen-bond donors (Lipinski definition) is 1. The summed E-state index contributed by atoms with van der Waals surface area (Å²) in [6, 6.07) is 10.9. The predicted molar refractivity (Wildman–Crippen MR) is 88.9 cm³/mol. The molecule has 2 aromatic rings. The van der Waals surface area contributed by atoms with E-state index in [1.54, 1.807) is 12.1 Å². The number of carboxylic acids is 1. The minimum Gasteiger partial charge on any atom is -0.475 e. The predicted octanol–water partition coefficient (Wildman–Crippen LogP) is 0.824. The molecule has 0 spiro atoms. The first-order valence-corrected chi connectivity index (χ1v) is 7.85. The highest BCUT2D eigenvalue weighted by Gasteiger charge is 2.47. The number of aliphatic carboxylic acids is 1. The summed E-state index contributed by atoms with van der Waals surface area (Å²) in [4.78, 5) is 45.2. The summed E-state index contributed by atoms with van der Waals surface area (Å²) in [5.74, 6) is -4.84. The van der Waals surface area contributed by atoms with Gasteiger partial charge in [-0.2, -0.15) is 5.26 Å². The number of aromatic nitrogens is 2. The molecule has 0 saturated carbocycles. The molecular formula is C18H14N4O4. The standard InChI is InChI=1S/C18H14N4O4/c19-7-14-15(8-20-10-21-14)22-9-13(16(23)18(25)26)12(17(22)24)6-11-4-2-1-3-5-11/h1-5,8,10,12-13H,6,9H2,(H,25,26)/t12-,13+/m1/s1. The normalized spacial score (nSPS) is 19.2. The highest BCUT2D eigenvalue weighted by atomic mass is 16.4. The van der Waals surface area contributed by atoms with Gasteiger partial charge in [-0.25, -0.2) is 14.8 Å². The Hall–Kier alpha value is -3.60. The van der Waals surface area contributed by atoms with Crippen molar-refractivity contribution in [3.63, 3.8) is 0 Å². The molecule has 1 aromatic heterocycles. The maximum absolute atomic E-state index is 12.9. The third-order valence-electron chi connectivity index (χ3n) is 4.38. The number of carboxylic acid groups (broad SMARTS) is 1. The zero-order valence-corrected chi connectivity index (χ0v) is 13.6. The minimum atomic E-state index is -1.58. The van der Waals surface area contributed by atoms with Gasteiger partial charge in [-0.1, -0.05) is 30.3 Å². The Labute approximate surface area is 148 Å². The Balaban J connectivity index is 1.98. The van der Waals surface area contributed by atoms with E-state index in [1.165, 1.54) is 17.4 Å². The summed E-state index contributed by atoms with van der Waals surface area (Å²) in [6.07, 6.45) is 2.73. The summed E-state index contributed by atoms with van der Waals surface area (Å²) in [6.45, 7) is -0.122. The van der Waals surface area contributed by atoms with Crippen molar-refractivity contribution in [2.75, 3.05) is 11.4 Å². The molecule has 0 aliphatic carbocycles. The molecule has 8 nitrogen and oxygen atoms in total. The lowest BCUT2D eigenvalue weighted by Gasteiger charge is -2.16. The molecule has 1 fully saturated rings. The highest BCUT2D eigenvalue weighted by Crippen LogP contribution is 2.33. The molecule has 0 unspecified atom stereocenters. The zero-order chi connectivity index (χ0) is 18.7. The van der Waals surface area contributed by atoms with Gasteiger partial charge in [-0.15, -0.1) is 0 Å². The number of Topliss-reactive ketones (excluding diaryl/α,β-unsaturated/α-hetero) is 1. The van der Waals surface area contributed by atoms with Crippen molar-refractivity contribution in [1.29, 1.82) is 5.26 Å². The van der Waals surface area contributed by atoms with Gasteiger partial charge >= 0.3 is 5.97 Å². The highest BCUT2D eigenvalue weighted by molar-refractivity contribution is 6.34. The first-order valence-electron chi connectivity index (χ1n) is 7.85. The van der Waals surface area contributed by atoms with Crippen LogP contribution in [-0.4, -0.2) is 39.3 Å². The van der Waals surface area contributed by atoms with Crippen LogP contribution < -0.4 is 4.90 Å². The van der Waals surface area contributed by atoms with Gasteiger partial charge in [0.25, 0.3) is 0 Å². The Kier molecular flexibility index (Phi) is 4.71. The molecule has 1 aliphatic rings. The third-order valence-corrected chi connectivity index (χ3v) is 4.38. The summed E-state index contributed by atoms with van der Waals surface area (Å²) < 4.78 is 0. The maximum Gasteiger partial charge on any atom is 0.372 e. The number of rotatable bonds is 5. The van der Waals surface area contributed by atoms with Crippen molar-refractivity contribution in [3.05, 3.63) is 54.1 Å². The zero-order valence-electron chi connectivity index (χ0n) is 13.6. The second-order valence-electron chi connectivity index (χ2n) is 5.89. The number of carbonyl (C=O) groups is 3. The fraction of sp³-hybridized carbons (Fsp3) is 0.222. The van der Waals surface area contributed by atoms with Crippen molar-refractivity contribution in [1.82, 2.24) is 9.97 Å². The van der Waals surface area contributed by atoms with Gasteiger partial charge in [-0.3, -0.25) is 9.59 Å². The molecule has 130 valence electrons. The number of hydrogen-bond acceptors (Lipinski definition) is 6. The lowest BCUT2D eigenvalue weighted by Crippen LogP contribution is -2.31. The van der Waals surface area contributed by atoms with E-state index in [1.807, 2.05) is 24.3 Å². The number of nitriles is 1. The molecule has 1 N–H and O–H groups in total. The van der Waals surface area contributed by atoms with Crippen LogP contribution in [0.25, 0.3) is 0 Å². The van der Waals surface area contributed by atoms with Gasteiger partial charge < -0.3 is 10.0 Å². The Bertz CT molecular complexity index is 907. The number of benzene rings is 1. The largest absolute Gasteiger partial charge is 0.475 e. The van der Waals surface area contributed by atoms with Crippen LogP contribution in [0.2, 0.25) is 0 Å². The summed E-state index contributed by atoms with van der Waals surface area (Å²) >= 11 is 0. The van der Waals surface area contributed by atoms with Crippen molar-refractivity contribution >= 4 is 23.3 Å². The molecule has 0 bridgehead atoms. The first kappa shape index (κ1) is 17.2. The first-order chi connectivity index (χ1) is 12.5. The van der Waals surface area contributed by atoms with Gasteiger partial charge in [0.15, 0.2) is 5.69 Å². The van der Waals surface area contributed by atoms with Crippen LogP contribution >= 0.6 is 0 Å². The van der Waals surface area contributed by atoms with E-state index < -0.39 is 29.5 Å². The second kappa shape index (κ2) is 7.11. The molecule has 1 aromatic carbocycles. The molecule has 2 heterocycles. The fourth-order valence-corrected chi connectivity index (χ4v) is 3.13. The average molecular weight is 350 g/mol. The minimum absolute atomic E-state index is 0.00441. The van der Waals surface area contributed by atoms with Gasteiger partial charge in [0.1, 0.15) is 12.4 Å². The van der Waals surface area contributed by atoms with E-state index in [4.69, 9.17) is 5.11 Å². The molecule has 8 heteroatoms. The van der Waals surface area contributed by atoms with Gasteiger partial charge in [0.05, 0.1) is 23.7 Å². The van der Waals surface area contributed by atoms with E-state index >= 15 is 0 Å². The molecule has 0 radical (unpaired) electrons. The lowest BCUT2D eigenvalue weighted by molar-refractivity contribution is -0.151. The topological polar surface area (TPSA) is 124 Å². The second-order valence-corrected chi connectivity index (χ2v) is 5.89. The SMILES string of the molecule is N#Cc1ncncc1N1C[C@H](C(=O)C(=O)O)[C@@H](Cc2ccccc2)C1=O. The van der Waals surface area contributed by atoms with Crippen LogP contribution in [0.4, 0.5) is 5.69 Å². The quantitative estimate of drug-likeness (QED) is 0.792. The van der Waals surface area contributed by atoms with Crippen molar-refractivity contribution in [2.45, 2.75) is 6.42 Å². The number of nitrogens with zero attached hydrogens (tertiary/aromatic N) is 4. The number of ketones is 1. The van der Waals surface area contributed by atoms with Crippen molar-refractivity contribution in [2.24, 2.45) is 11.8 Å². The average Bonchev–Trinajstić information content (AvgIpc) is 2.98. The number of carbonyl (C=O) groups excluding carboxylic acids is 2. The molecule has 3 rings (SSSR count). The summed E-state index contributed by atoms with van der Waals surface area (Å²) in [5, 5.41) is 18.3. The third kappa shape index (κ3) is 3.15. The number of anilines is 1.